The van der Waals surface area contributed by atoms with Gasteiger partial charge in [-0.3, -0.25) is 19.8 Å². The van der Waals surface area contributed by atoms with Crippen LogP contribution in [0.15, 0.2) is 29.2 Å². The normalized spacial score (nSPS) is 10.2. The van der Waals surface area contributed by atoms with Crippen molar-refractivity contribution in [1.82, 2.24) is 15.5 Å². The quantitative estimate of drug-likeness (QED) is 0.671. The molecule has 0 bridgehead atoms. The number of rotatable bonds is 6. The molecule has 0 heterocycles. The van der Waals surface area contributed by atoms with E-state index in [1.54, 1.807) is 7.05 Å². The number of anilines is 1. The first-order valence-electron chi connectivity index (χ1n) is 6.59. The van der Waals surface area contributed by atoms with Gasteiger partial charge in [-0.25, -0.2) is 4.79 Å². The van der Waals surface area contributed by atoms with Gasteiger partial charge in [-0.2, -0.15) is 0 Å². The number of thioether (sulfide) groups is 1. The summed E-state index contributed by atoms with van der Waals surface area (Å²) in [5.74, 6) is -0.698. The Bertz CT molecular complexity index is 551. The fraction of sp³-hybridized carbons (Fsp3) is 0.357. The van der Waals surface area contributed by atoms with Gasteiger partial charge in [0.2, 0.25) is 11.8 Å². The van der Waals surface area contributed by atoms with Gasteiger partial charge < -0.3 is 10.6 Å². The van der Waals surface area contributed by atoms with Crippen molar-refractivity contribution >= 4 is 35.3 Å². The summed E-state index contributed by atoms with van der Waals surface area (Å²) < 4.78 is 0. The molecule has 0 atom stereocenters. The second-order valence-corrected chi connectivity index (χ2v) is 5.40. The Kier molecular flexibility index (Phi) is 7.41. The number of hydrogen-bond donors (Lipinski definition) is 3. The fourth-order valence-electron chi connectivity index (χ4n) is 1.71. The van der Waals surface area contributed by atoms with Crippen LogP contribution in [0.3, 0.4) is 0 Å². The van der Waals surface area contributed by atoms with E-state index >= 15 is 0 Å². The number of urea groups is 1. The molecule has 1 aromatic rings. The minimum atomic E-state index is -0.572. The smallest absolute Gasteiger partial charge is 0.321 e. The standard InChI is InChI=1S/C14H20N4O3S/c1-15-14(21)17-13(20)9-18(2)8-12(19)16-10-6-4-5-7-11(10)22-3/h4-7H,8-9H2,1-3H3,(H,16,19)(H2,15,17,20,21). The summed E-state index contributed by atoms with van der Waals surface area (Å²) in [7, 11) is 3.05. The monoisotopic (exact) mass is 324 g/mol. The summed E-state index contributed by atoms with van der Waals surface area (Å²) in [5, 5.41) is 7.23. The van der Waals surface area contributed by atoms with Crippen molar-refractivity contribution in [1.29, 1.82) is 0 Å². The molecule has 0 spiro atoms. The first kappa shape index (κ1) is 18.0. The van der Waals surface area contributed by atoms with Gasteiger partial charge in [0.15, 0.2) is 0 Å². The molecule has 1 rings (SSSR count). The molecular weight excluding hydrogens is 304 g/mol. The molecule has 0 aliphatic carbocycles. The summed E-state index contributed by atoms with van der Waals surface area (Å²) in [5.41, 5.74) is 0.739. The van der Waals surface area contributed by atoms with Crippen molar-refractivity contribution in [2.24, 2.45) is 0 Å². The molecule has 1 aromatic carbocycles. The third-order valence-corrected chi connectivity index (χ3v) is 3.48. The van der Waals surface area contributed by atoms with Gasteiger partial charge in [0.1, 0.15) is 0 Å². The molecule has 3 N–H and O–H groups in total. The molecule has 8 heteroatoms. The largest absolute Gasteiger partial charge is 0.341 e. The minimum Gasteiger partial charge on any atom is -0.341 e. The molecule has 120 valence electrons. The van der Waals surface area contributed by atoms with Crippen LogP contribution in [0.5, 0.6) is 0 Å². The molecule has 0 radical (unpaired) electrons. The minimum absolute atomic E-state index is 0.0455. The molecule has 0 aliphatic heterocycles. The van der Waals surface area contributed by atoms with E-state index in [1.807, 2.05) is 30.5 Å². The average Bonchev–Trinajstić information content (AvgIpc) is 2.46. The molecule has 4 amide bonds. The highest BCUT2D eigenvalue weighted by Crippen LogP contribution is 2.24. The summed E-state index contributed by atoms with van der Waals surface area (Å²) >= 11 is 1.54. The SMILES string of the molecule is CNC(=O)NC(=O)CN(C)CC(=O)Nc1ccccc1SC. The summed E-state index contributed by atoms with van der Waals surface area (Å²) in [6, 6.07) is 6.91. The van der Waals surface area contributed by atoms with Gasteiger partial charge in [0.25, 0.3) is 0 Å². The Morgan fingerprint density at radius 2 is 1.77 bits per heavy atom. The highest BCUT2D eigenvalue weighted by Gasteiger charge is 2.13. The van der Waals surface area contributed by atoms with Crippen LogP contribution in [0.4, 0.5) is 10.5 Å². The van der Waals surface area contributed by atoms with Crippen LogP contribution in [0.1, 0.15) is 0 Å². The third-order valence-electron chi connectivity index (χ3n) is 2.69. The number of benzene rings is 1. The van der Waals surface area contributed by atoms with Gasteiger partial charge in [-0.15, -0.1) is 11.8 Å². The summed E-state index contributed by atoms with van der Waals surface area (Å²) in [6.07, 6.45) is 1.93. The average molecular weight is 324 g/mol. The second-order valence-electron chi connectivity index (χ2n) is 4.55. The molecule has 0 fully saturated rings. The highest BCUT2D eigenvalue weighted by molar-refractivity contribution is 7.98. The van der Waals surface area contributed by atoms with Crippen LogP contribution in [0.25, 0.3) is 0 Å². The number of imide groups is 1. The Morgan fingerprint density at radius 1 is 1.14 bits per heavy atom. The van der Waals surface area contributed by atoms with E-state index in [4.69, 9.17) is 0 Å². The summed E-state index contributed by atoms with van der Waals surface area (Å²) in [4.78, 5) is 37.0. The van der Waals surface area contributed by atoms with Crippen molar-refractivity contribution in [3.8, 4) is 0 Å². The van der Waals surface area contributed by atoms with Gasteiger partial charge in [-0.1, -0.05) is 12.1 Å². The number of para-hydroxylation sites is 1. The van der Waals surface area contributed by atoms with E-state index in [0.29, 0.717) is 0 Å². The van der Waals surface area contributed by atoms with Crippen LogP contribution in [0, 0.1) is 0 Å². The number of hydrogen-bond acceptors (Lipinski definition) is 5. The molecule has 0 aromatic heterocycles. The van der Waals surface area contributed by atoms with E-state index in [2.05, 4.69) is 16.0 Å². The van der Waals surface area contributed by atoms with E-state index in [-0.39, 0.29) is 19.0 Å². The number of carbonyl (C=O) groups is 3. The Labute approximate surface area is 133 Å². The molecule has 22 heavy (non-hydrogen) atoms. The Balaban J connectivity index is 2.47. The highest BCUT2D eigenvalue weighted by atomic mass is 32.2. The van der Waals surface area contributed by atoms with Gasteiger partial charge in [-0.05, 0) is 25.4 Å². The van der Waals surface area contributed by atoms with Gasteiger partial charge >= 0.3 is 6.03 Å². The van der Waals surface area contributed by atoms with Crippen molar-refractivity contribution in [3.63, 3.8) is 0 Å². The van der Waals surface area contributed by atoms with Crippen LogP contribution in [0.2, 0.25) is 0 Å². The maximum absolute atomic E-state index is 12.0. The molecule has 7 nitrogen and oxygen atoms in total. The van der Waals surface area contributed by atoms with Crippen molar-refractivity contribution in [2.75, 3.05) is 38.8 Å². The fourth-order valence-corrected chi connectivity index (χ4v) is 2.27. The first-order chi connectivity index (χ1) is 10.5. The lowest BCUT2D eigenvalue weighted by atomic mass is 10.3. The third kappa shape index (κ3) is 6.15. The molecule has 0 aliphatic rings. The zero-order valence-electron chi connectivity index (χ0n) is 12.8. The van der Waals surface area contributed by atoms with Crippen LogP contribution in [-0.4, -0.2) is 56.2 Å². The van der Waals surface area contributed by atoms with Crippen molar-refractivity contribution in [3.05, 3.63) is 24.3 Å². The lowest BCUT2D eigenvalue weighted by molar-refractivity contribution is -0.122. The van der Waals surface area contributed by atoms with E-state index < -0.39 is 11.9 Å². The maximum Gasteiger partial charge on any atom is 0.321 e. The first-order valence-corrected chi connectivity index (χ1v) is 7.81. The van der Waals surface area contributed by atoms with E-state index in [9.17, 15) is 14.4 Å². The lowest BCUT2D eigenvalue weighted by Crippen LogP contribution is -2.44. The zero-order chi connectivity index (χ0) is 16.5. The second kappa shape index (κ2) is 9.06. The molecule has 0 saturated carbocycles. The number of carbonyl (C=O) groups excluding carboxylic acids is 3. The zero-order valence-corrected chi connectivity index (χ0v) is 13.6. The van der Waals surface area contributed by atoms with Crippen LogP contribution >= 0.6 is 11.8 Å². The van der Waals surface area contributed by atoms with Crippen LogP contribution in [-0.2, 0) is 9.59 Å². The van der Waals surface area contributed by atoms with Gasteiger partial charge in [0, 0.05) is 11.9 Å². The molecule has 0 unspecified atom stereocenters. The van der Waals surface area contributed by atoms with Crippen molar-refractivity contribution < 1.29 is 14.4 Å². The number of likely N-dealkylation sites (N-methyl/N-ethyl adjacent to an activating group) is 1. The molecular formula is C14H20N4O3S. The Hall–Kier alpha value is -2.06. The van der Waals surface area contributed by atoms with Crippen molar-refractivity contribution in [2.45, 2.75) is 4.90 Å². The van der Waals surface area contributed by atoms with Crippen LogP contribution < -0.4 is 16.0 Å². The van der Waals surface area contributed by atoms with E-state index in [0.717, 1.165) is 10.6 Å². The lowest BCUT2D eigenvalue weighted by Gasteiger charge is -2.16. The maximum atomic E-state index is 12.0. The number of nitrogens with one attached hydrogen (secondary N) is 3. The summed E-state index contributed by atoms with van der Waals surface area (Å²) in [6.45, 7) is -0.00507. The van der Waals surface area contributed by atoms with E-state index in [1.165, 1.54) is 23.7 Å². The van der Waals surface area contributed by atoms with Gasteiger partial charge in [0.05, 0.1) is 18.8 Å². The predicted molar refractivity (Wildman–Crippen MR) is 86.9 cm³/mol. The number of amides is 4. The number of nitrogens with zero attached hydrogens (tertiary/aromatic N) is 1. The topological polar surface area (TPSA) is 90.5 Å². The molecule has 0 saturated heterocycles. The predicted octanol–water partition coefficient (Wildman–Crippen LogP) is 0.734. The Morgan fingerprint density at radius 3 is 2.41 bits per heavy atom.